The Hall–Kier alpha value is -1.35. The molecule has 2 N–H and O–H groups in total. The number of nitrogens with two attached hydrogens (primary N) is 1. The molecule has 0 radical (unpaired) electrons. The lowest BCUT2D eigenvalue weighted by Crippen LogP contribution is -2.25. The zero-order valence-electron chi connectivity index (χ0n) is 10.1. The maximum atomic E-state index is 5.92. The van der Waals surface area contributed by atoms with Crippen LogP contribution in [0.25, 0.3) is 11.1 Å². The molecule has 90 valence electrons. The molecule has 0 spiro atoms. The highest BCUT2D eigenvalue weighted by molar-refractivity contribution is 5.73. The van der Waals surface area contributed by atoms with E-state index in [0.29, 0.717) is 12.0 Å². The molecule has 1 aliphatic carbocycles. The molecule has 17 heavy (non-hydrogen) atoms. The van der Waals surface area contributed by atoms with Crippen LogP contribution < -0.4 is 5.73 Å². The van der Waals surface area contributed by atoms with Crippen molar-refractivity contribution in [3.63, 3.8) is 0 Å². The summed E-state index contributed by atoms with van der Waals surface area (Å²) in [6, 6.07) is 6.53. The smallest absolute Gasteiger partial charge is 0.198 e. The van der Waals surface area contributed by atoms with E-state index >= 15 is 0 Å². The van der Waals surface area contributed by atoms with Gasteiger partial charge in [0.2, 0.25) is 0 Å². The third-order valence-electron chi connectivity index (χ3n) is 3.68. The fraction of sp³-hybridized carbons (Fsp3) is 0.500. The summed E-state index contributed by atoms with van der Waals surface area (Å²) in [7, 11) is 0. The van der Waals surface area contributed by atoms with Crippen molar-refractivity contribution in [2.45, 2.75) is 44.6 Å². The predicted octanol–water partition coefficient (Wildman–Crippen LogP) is 3.12. The van der Waals surface area contributed by atoms with Crippen LogP contribution in [0.5, 0.6) is 0 Å². The van der Waals surface area contributed by atoms with Gasteiger partial charge in [-0.05, 0) is 50.3 Å². The Labute approximate surface area is 101 Å². The monoisotopic (exact) mass is 230 g/mol. The standard InChI is InChI=1S/C14H18N2O/c1-9-2-7-13-12(8-9)16-14(17-13)10-3-5-11(15)6-4-10/h2,7-8,10-11H,3-6,15H2,1H3. The molecule has 1 saturated carbocycles. The second-order valence-electron chi connectivity index (χ2n) is 5.13. The summed E-state index contributed by atoms with van der Waals surface area (Å²) in [6.45, 7) is 2.08. The van der Waals surface area contributed by atoms with Crippen LogP contribution in [-0.2, 0) is 0 Å². The van der Waals surface area contributed by atoms with E-state index < -0.39 is 0 Å². The third kappa shape index (κ3) is 2.07. The molecule has 0 amide bonds. The highest BCUT2D eigenvalue weighted by atomic mass is 16.3. The highest BCUT2D eigenvalue weighted by Gasteiger charge is 2.24. The maximum absolute atomic E-state index is 5.92. The van der Waals surface area contributed by atoms with Crippen molar-refractivity contribution >= 4 is 11.1 Å². The van der Waals surface area contributed by atoms with Crippen molar-refractivity contribution in [2.24, 2.45) is 5.73 Å². The zero-order valence-corrected chi connectivity index (χ0v) is 10.1. The fourth-order valence-electron chi connectivity index (χ4n) is 2.60. The lowest BCUT2D eigenvalue weighted by atomic mass is 9.86. The molecule has 2 aromatic rings. The van der Waals surface area contributed by atoms with E-state index in [-0.39, 0.29) is 0 Å². The molecule has 1 aliphatic rings. The normalized spacial score (nSPS) is 25.3. The van der Waals surface area contributed by atoms with Crippen molar-refractivity contribution in [3.8, 4) is 0 Å². The van der Waals surface area contributed by atoms with Crippen LogP contribution >= 0.6 is 0 Å². The van der Waals surface area contributed by atoms with Crippen molar-refractivity contribution < 1.29 is 4.42 Å². The summed E-state index contributed by atoms with van der Waals surface area (Å²) in [6.07, 6.45) is 4.38. The summed E-state index contributed by atoms with van der Waals surface area (Å²) in [4.78, 5) is 4.61. The molecule has 0 atom stereocenters. The van der Waals surface area contributed by atoms with E-state index in [4.69, 9.17) is 10.2 Å². The van der Waals surface area contributed by atoms with Gasteiger partial charge in [-0.3, -0.25) is 0 Å². The van der Waals surface area contributed by atoms with Gasteiger partial charge in [-0.2, -0.15) is 0 Å². The number of hydrogen-bond acceptors (Lipinski definition) is 3. The van der Waals surface area contributed by atoms with E-state index in [0.717, 1.165) is 42.7 Å². The largest absolute Gasteiger partial charge is 0.440 e. The molecular formula is C14H18N2O. The minimum absolute atomic E-state index is 0.373. The second kappa shape index (κ2) is 4.15. The number of oxazole rings is 1. The minimum Gasteiger partial charge on any atom is -0.440 e. The SMILES string of the molecule is Cc1ccc2oc(C3CCC(N)CC3)nc2c1. The molecule has 0 unspecified atom stereocenters. The van der Waals surface area contributed by atoms with E-state index in [1.54, 1.807) is 0 Å². The van der Waals surface area contributed by atoms with Gasteiger partial charge in [-0.1, -0.05) is 6.07 Å². The van der Waals surface area contributed by atoms with Crippen LogP contribution in [0.4, 0.5) is 0 Å². The Morgan fingerprint density at radius 3 is 2.76 bits per heavy atom. The first-order valence-electron chi connectivity index (χ1n) is 6.35. The minimum atomic E-state index is 0.373. The van der Waals surface area contributed by atoms with Gasteiger partial charge < -0.3 is 10.2 Å². The number of rotatable bonds is 1. The van der Waals surface area contributed by atoms with Gasteiger partial charge in [-0.15, -0.1) is 0 Å². The van der Waals surface area contributed by atoms with Crippen LogP contribution in [-0.4, -0.2) is 11.0 Å². The maximum Gasteiger partial charge on any atom is 0.198 e. The van der Waals surface area contributed by atoms with Crippen molar-refractivity contribution in [3.05, 3.63) is 29.7 Å². The summed E-state index contributed by atoms with van der Waals surface area (Å²) in [5.74, 6) is 1.36. The van der Waals surface area contributed by atoms with Crippen molar-refractivity contribution in [2.75, 3.05) is 0 Å². The number of benzene rings is 1. The van der Waals surface area contributed by atoms with E-state index in [1.807, 2.05) is 6.07 Å². The van der Waals surface area contributed by atoms with Crippen LogP contribution in [0.1, 0.15) is 43.1 Å². The third-order valence-corrected chi connectivity index (χ3v) is 3.68. The summed E-state index contributed by atoms with van der Waals surface area (Å²) >= 11 is 0. The van der Waals surface area contributed by atoms with Crippen molar-refractivity contribution in [1.29, 1.82) is 0 Å². The molecule has 1 aromatic carbocycles. The predicted molar refractivity (Wildman–Crippen MR) is 67.9 cm³/mol. The molecule has 0 bridgehead atoms. The molecule has 1 heterocycles. The van der Waals surface area contributed by atoms with Gasteiger partial charge in [0.1, 0.15) is 5.52 Å². The summed E-state index contributed by atoms with van der Waals surface area (Å²) < 4.78 is 5.85. The molecule has 1 aromatic heterocycles. The molecule has 3 nitrogen and oxygen atoms in total. The number of nitrogens with zero attached hydrogens (tertiary/aromatic N) is 1. The van der Waals surface area contributed by atoms with Gasteiger partial charge >= 0.3 is 0 Å². The fourth-order valence-corrected chi connectivity index (χ4v) is 2.60. The highest BCUT2D eigenvalue weighted by Crippen LogP contribution is 2.33. The molecule has 3 heteroatoms. The van der Waals surface area contributed by atoms with Crippen LogP contribution in [0.3, 0.4) is 0 Å². The molecule has 1 fully saturated rings. The first-order chi connectivity index (χ1) is 8.22. The first kappa shape index (κ1) is 10.8. The van der Waals surface area contributed by atoms with E-state index in [1.165, 1.54) is 5.56 Å². The Bertz CT molecular complexity index is 524. The molecule has 3 rings (SSSR count). The van der Waals surface area contributed by atoms with Crippen molar-refractivity contribution in [1.82, 2.24) is 4.98 Å². The second-order valence-corrected chi connectivity index (χ2v) is 5.13. The van der Waals surface area contributed by atoms with Gasteiger partial charge in [0, 0.05) is 12.0 Å². The van der Waals surface area contributed by atoms with Gasteiger partial charge in [0.15, 0.2) is 11.5 Å². The number of aryl methyl sites for hydroxylation is 1. The Balaban J connectivity index is 1.90. The zero-order chi connectivity index (χ0) is 11.8. The Kier molecular flexibility index (Phi) is 2.63. The molecule has 0 aliphatic heterocycles. The Morgan fingerprint density at radius 1 is 1.24 bits per heavy atom. The van der Waals surface area contributed by atoms with Crippen LogP contribution in [0, 0.1) is 6.92 Å². The number of hydrogen-bond donors (Lipinski definition) is 1. The average Bonchev–Trinajstić information content (AvgIpc) is 2.72. The summed E-state index contributed by atoms with van der Waals surface area (Å²) in [5.41, 5.74) is 9.03. The molecular weight excluding hydrogens is 212 g/mol. The van der Waals surface area contributed by atoms with E-state index in [2.05, 4.69) is 24.0 Å². The lowest BCUT2D eigenvalue weighted by molar-refractivity contribution is 0.346. The lowest BCUT2D eigenvalue weighted by Gasteiger charge is -2.23. The first-order valence-corrected chi connectivity index (χ1v) is 6.35. The summed E-state index contributed by atoms with van der Waals surface area (Å²) in [5, 5.41) is 0. The average molecular weight is 230 g/mol. The van der Waals surface area contributed by atoms with Crippen LogP contribution in [0.15, 0.2) is 22.6 Å². The molecule has 0 saturated heterocycles. The van der Waals surface area contributed by atoms with Crippen LogP contribution in [0.2, 0.25) is 0 Å². The van der Waals surface area contributed by atoms with Gasteiger partial charge in [0.25, 0.3) is 0 Å². The Morgan fingerprint density at radius 2 is 2.00 bits per heavy atom. The topological polar surface area (TPSA) is 52.0 Å². The quantitative estimate of drug-likeness (QED) is 0.818. The van der Waals surface area contributed by atoms with E-state index in [9.17, 15) is 0 Å². The number of aromatic nitrogens is 1. The number of fused-ring (bicyclic) bond motifs is 1. The van der Waals surface area contributed by atoms with Gasteiger partial charge in [-0.25, -0.2) is 4.98 Å². The van der Waals surface area contributed by atoms with Gasteiger partial charge in [0.05, 0.1) is 0 Å².